The Morgan fingerprint density at radius 3 is 2.33 bits per heavy atom. The van der Waals surface area contributed by atoms with Gasteiger partial charge in [0.05, 0.1) is 5.56 Å². The molecule has 2 rings (SSSR count). The molecule has 0 aromatic heterocycles. The van der Waals surface area contributed by atoms with Gasteiger partial charge in [0, 0.05) is 14.4 Å². The molecule has 0 bridgehead atoms. The van der Waals surface area contributed by atoms with Crippen molar-refractivity contribution < 1.29 is 13.2 Å². The van der Waals surface area contributed by atoms with Crippen LogP contribution < -0.4 is 0 Å². The fourth-order valence-corrected chi connectivity index (χ4v) is 7.29. The third kappa shape index (κ3) is 8.39. The maximum Gasteiger partial charge on any atom is 0.416 e. The molecule has 0 N–H and O–H groups in total. The van der Waals surface area contributed by atoms with Crippen LogP contribution in [0.25, 0.3) is 0 Å². The molecule has 1 saturated heterocycles. The highest BCUT2D eigenvalue weighted by atomic mass is 28.3. The van der Waals surface area contributed by atoms with Crippen LogP contribution in [0.15, 0.2) is 36.4 Å². The first-order chi connectivity index (χ1) is 13.0. The Labute approximate surface area is 163 Å². The van der Waals surface area contributed by atoms with Crippen molar-refractivity contribution in [2.24, 2.45) is 5.92 Å². The van der Waals surface area contributed by atoms with Gasteiger partial charge in [0.1, 0.15) is 0 Å². The highest BCUT2D eigenvalue weighted by molar-refractivity contribution is 6.58. The van der Waals surface area contributed by atoms with Gasteiger partial charge in [0.15, 0.2) is 0 Å². The van der Waals surface area contributed by atoms with E-state index in [1.807, 2.05) is 6.08 Å². The summed E-state index contributed by atoms with van der Waals surface area (Å²) in [4.78, 5) is 0. The van der Waals surface area contributed by atoms with E-state index in [2.05, 4.69) is 24.8 Å². The summed E-state index contributed by atoms with van der Waals surface area (Å²) in [6.45, 7) is 2.26. The highest BCUT2D eigenvalue weighted by Crippen LogP contribution is 2.30. The van der Waals surface area contributed by atoms with E-state index in [0.29, 0.717) is 11.5 Å². The Morgan fingerprint density at radius 1 is 1.04 bits per heavy atom. The van der Waals surface area contributed by atoms with Crippen molar-refractivity contribution in [2.75, 3.05) is 0 Å². The zero-order chi connectivity index (χ0) is 19.5. The molecule has 0 nitrogen and oxygen atoms in total. The Kier molecular flexibility index (Phi) is 9.20. The van der Waals surface area contributed by atoms with Crippen molar-refractivity contribution in [2.45, 2.75) is 76.2 Å². The zero-order valence-corrected chi connectivity index (χ0v) is 17.5. The predicted molar refractivity (Wildman–Crippen MR) is 111 cm³/mol. The van der Waals surface area contributed by atoms with Crippen LogP contribution in [0.5, 0.6) is 0 Å². The van der Waals surface area contributed by atoms with E-state index < -0.39 is 20.5 Å². The van der Waals surface area contributed by atoms with Crippen LogP contribution >= 0.6 is 0 Å². The molecule has 4 heteroatoms. The molecule has 1 fully saturated rings. The summed E-state index contributed by atoms with van der Waals surface area (Å²) in [5, 5.41) is 0. The quantitative estimate of drug-likeness (QED) is 0.261. The topological polar surface area (TPSA) is 0 Å². The molecule has 1 aromatic carbocycles. The summed E-state index contributed by atoms with van der Waals surface area (Å²) >= 11 is 0. The molecule has 0 amide bonds. The number of rotatable bonds is 7. The first kappa shape index (κ1) is 21.8. The van der Waals surface area contributed by atoms with Crippen LogP contribution in [0.2, 0.25) is 18.1 Å². The molecule has 1 aliphatic heterocycles. The van der Waals surface area contributed by atoms with E-state index in [9.17, 15) is 13.2 Å². The zero-order valence-electron chi connectivity index (χ0n) is 16.3. The fourth-order valence-electron chi connectivity index (χ4n) is 3.76. The predicted octanol–water partition coefficient (Wildman–Crippen LogP) is 7.22. The van der Waals surface area contributed by atoms with Gasteiger partial charge in [0.25, 0.3) is 0 Å². The minimum atomic E-state index is -4.29. The van der Waals surface area contributed by atoms with Gasteiger partial charge in [-0.1, -0.05) is 75.1 Å². The van der Waals surface area contributed by atoms with Crippen LogP contribution in [0, 0.1) is 17.8 Å². The molecule has 0 spiro atoms. The molecule has 148 valence electrons. The highest BCUT2D eigenvalue weighted by Gasteiger charge is 2.29. The second-order valence-corrected chi connectivity index (χ2v) is 11.2. The number of hydrogen-bond donors (Lipinski definition) is 0. The van der Waals surface area contributed by atoms with Crippen LogP contribution in [-0.4, -0.2) is 8.80 Å². The lowest BCUT2D eigenvalue weighted by molar-refractivity contribution is -0.137. The minimum absolute atomic E-state index is 0.487. The number of benzene rings is 1. The van der Waals surface area contributed by atoms with Gasteiger partial charge in [-0.05, 0) is 49.1 Å². The second kappa shape index (κ2) is 11.4. The summed E-state index contributed by atoms with van der Waals surface area (Å²) in [5.74, 6) is 6.53. The summed E-state index contributed by atoms with van der Waals surface area (Å²) in [6.07, 6.45) is 9.34. The van der Waals surface area contributed by atoms with Crippen molar-refractivity contribution >= 4 is 8.80 Å². The molecule has 0 radical (unpaired) electrons. The average molecular weight is 393 g/mol. The van der Waals surface area contributed by atoms with E-state index in [-0.39, 0.29) is 0 Å². The van der Waals surface area contributed by atoms with Gasteiger partial charge in [0.2, 0.25) is 0 Å². The molecule has 0 saturated carbocycles. The van der Waals surface area contributed by atoms with Crippen molar-refractivity contribution in [3.63, 3.8) is 0 Å². The van der Waals surface area contributed by atoms with Gasteiger partial charge < -0.3 is 0 Å². The summed E-state index contributed by atoms with van der Waals surface area (Å²) in [6, 6.07) is 9.46. The third-order valence-electron chi connectivity index (χ3n) is 5.49. The Balaban J connectivity index is 1.69. The Bertz CT molecular complexity index is 626. The van der Waals surface area contributed by atoms with Crippen molar-refractivity contribution in [3.8, 4) is 11.8 Å². The van der Waals surface area contributed by atoms with Gasteiger partial charge in [-0.2, -0.15) is 13.2 Å². The molecule has 0 unspecified atom stereocenters. The lowest BCUT2D eigenvalue weighted by atomic mass is 10.0. The largest absolute Gasteiger partial charge is 0.416 e. The maximum absolute atomic E-state index is 12.5. The Hall–Kier alpha value is -1.47. The molecule has 1 heterocycles. The molecule has 0 aliphatic carbocycles. The van der Waals surface area contributed by atoms with Gasteiger partial charge in [-0.3, -0.25) is 0 Å². The maximum atomic E-state index is 12.5. The number of alkyl halides is 3. The molecule has 27 heavy (non-hydrogen) atoms. The van der Waals surface area contributed by atoms with Gasteiger partial charge in [-0.15, -0.1) is 0 Å². The fraction of sp³-hybridized carbons (Fsp3) is 0.565. The van der Waals surface area contributed by atoms with Crippen LogP contribution in [0.3, 0.4) is 0 Å². The lowest BCUT2D eigenvalue weighted by Crippen LogP contribution is -2.20. The van der Waals surface area contributed by atoms with Crippen LogP contribution in [0.4, 0.5) is 13.2 Å². The smallest absolute Gasteiger partial charge is 0.166 e. The first-order valence-electron chi connectivity index (χ1n) is 10.3. The van der Waals surface area contributed by atoms with Crippen LogP contribution in [-0.2, 0) is 6.18 Å². The number of allylic oxidation sites excluding steroid dienone is 2. The van der Waals surface area contributed by atoms with Crippen molar-refractivity contribution in [1.29, 1.82) is 0 Å². The molecule has 0 atom stereocenters. The summed E-state index contributed by atoms with van der Waals surface area (Å²) < 4.78 is 37.6. The monoisotopic (exact) mass is 392 g/mol. The van der Waals surface area contributed by atoms with E-state index in [1.165, 1.54) is 75.2 Å². The molecule has 1 aromatic rings. The SMILES string of the molecule is CCCCCCC[SiH]1CCC(C=CC#Cc2ccc(C(F)(F)F)cc2)CC1. The first-order valence-corrected chi connectivity index (χ1v) is 12.8. The minimum Gasteiger partial charge on any atom is -0.166 e. The van der Waals surface area contributed by atoms with Crippen molar-refractivity contribution in [1.82, 2.24) is 0 Å². The third-order valence-corrected chi connectivity index (χ3v) is 9.01. The number of hydrogen-bond acceptors (Lipinski definition) is 0. The van der Waals surface area contributed by atoms with Crippen LogP contribution in [0.1, 0.15) is 63.0 Å². The van der Waals surface area contributed by atoms with E-state index in [4.69, 9.17) is 0 Å². The summed E-state index contributed by atoms with van der Waals surface area (Å²) in [7, 11) is -0.487. The molecular weight excluding hydrogens is 361 g/mol. The standard InChI is InChI=1S/C23H31F3Si/c1-2-3-4-5-8-17-27-18-15-21(16-19-27)10-7-6-9-20-11-13-22(14-12-20)23(24,25)26/h7,10-14,21,27H,2-5,8,15-19H2,1H3. The Morgan fingerprint density at radius 2 is 1.70 bits per heavy atom. The summed E-state index contributed by atoms with van der Waals surface area (Å²) in [5.41, 5.74) is -0.0123. The lowest BCUT2D eigenvalue weighted by Gasteiger charge is -2.25. The van der Waals surface area contributed by atoms with E-state index in [1.54, 1.807) is 0 Å². The van der Waals surface area contributed by atoms with E-state index in [0.717, 1.165) is 12.1 Å². The van der Waals surface area contributed by atoms with Gasteiger partial charge in [-0.25, -0.2) is 0 Å². The molecular formula is C23H31F3Si. The number of unbranched alkanes of at least 4 members (excludes halogenated alkanes) is 4. The second-order valence-electron chi connectivity index (χ2n) is 7.69. The average Bonchev–Trinajstić information content (AvgIpc) is 2.66. The normalized spacial score (nSPS) is 20.4. The van der Waals surface area contributed by atoms with Crippen molar-refractivity contribution in [3.05, 3.63) is 47.5 Å². The number of halogens is 3. The van der Waals surface area contributed by atoms with Gasteiger partial charge >= 0.3 is 6.18 Å². The van der Waals surface area contributed by atoms with E-state index >= 15 is 0 Å². The molecule has 1 aliphatic rings.